The van der Waals surface area contributed by atoms with Crippen LogP contribution in [0.4, 0.5) is 4.79 Å². The maximum atomic E-state index is 12.7. The highest BCUT2D eigenvalue weighted by Crippen LogP contribution is 2.18. The number of carboxylic acids is 1. The Morgan fingerprint density at radius 2 is 1.53 bits per heavy atom. The number of carboxylic acid groups (broad SMARTS) is 1. The van der Waals surface area contributed by atoms with Gasteiger partial charge in [0.15, 0.2) is 6.04 Å². The van der Waals surface area contributed by atoms with Gasteiger partial charge in [0.25, 0.3) is 0 Å². The minimum atomic E-state index is -1.56. The number of esters is 1. The Hall–Kier alpha value is -3.92. The van der Waals surface area contributed by atoms with Crippen molar-refractivity contribution in [3.8, 4) is 0 Å². The van der Waals surface area contributed by atoms with E-state index in [0.717, 1.165) is 7.11 Å². The number of aliphatic hydroxyl groups is 1. The molecule has 4 N–H and O–H groups in total. The number of amides is 2. The van der Waals surface area contributed by atoms with Crippen molar-refractivity contribution in [3.05, 3.63) is 71.8 Å². The second-order valence-corrected chi connectivity index (χ2v) is 6.72. The van der Waals surface area contributed by atoms with Crippen molar-refractivity contribution in [2.24, 2.45) is 0 Å². The molecule has 0 aliphatic carbocycles. The van der Waals surface area contributed by atoms with Crippen LogP contribution in [0.3, 0.4) is 0 Å². The van der Waals surface area contributed by atoms with Gasteiger partial charge in [0.05, 0.1) is 13.5 Å². The summed E-state index contributed by atoms with van der Waals surface area (Å²) in [4.78, 5) is 48.1. The quantitative estimate of drug-likeness (QED) is 0.398. The average Bonchev–Trinajstić information content (AvgIpc) is 2.80. The Labute approximate surface area is 184 Å². The number of nitrogens with one attached hydrogen (secondary N) is 2. The van der Waals surface area contributed by atoms with Crippen molar-refractivity contribution in [2.75, 3.05) is 7.11 Å². The summed E-state index contributed by atoms with van der Waals surface area (Å²) < 4.78 is 9.66. The lowest BCUT2D eigenvalue weighted by atomic mass is 10.0. The molecule has 2 aromatic rings. The predicted molar refractivity (Wildman–Crippen MR) is 111 cm³/mol. The van der Waals surface area contributed by atoms with Gasteiger partial charge in [0.2, 0.25) is 5.91 Å². The van der Waals surface area contributed by atoms with E-state index >= 15 is 0 Å². The molecule has 2 aromatic carbocycles. The first-order valence-corrected chi connectivity index (χ1v) is 9.62. The van der Waals surface area contributed by atoms with Crippen LogP contribution in [0.1, 0.15) is 23.7 Å². The van der Waals surface area contributed by atoms with E-state index in [9.17, 15) is 24.3 Å². The summed E-state index contributed by atoms with van der Waals surface area (Å²) in [7, 11) is 1.08. The fourth-order valence-corrected chi connectivity index (χ4v) is 2.78. The molecule has 0 heterocycles. The van der Waals surface area contributed by atoms with E-state index in [0.29, 0.717) is 11.1 Å². The number of benzene rings is 2. The first-order chi connectivity index (χ1) is 15.3. The molecule has 0 unspecified atom stereocenters. The van der Waals surface area contributed by atoms with Crippen molar-refractivity contribution in [3.63, 3.8) is 0 Å². The molecule has 0 saturated carbocycles. The Morgan fingerprint density at radius 3 is 2.09 bits per heavy atom. The molecule has 3 atom stereocenters. The van der Waals surface area contributed by atoms with E-state index < -0.39 is 48.5 Å². The average molecular weight is 444 g/mol. The molecule has 0 bridgehead atoms. The Balaban J connectivity index is 2.08. The Morgan fingerprint density at radius 1 is 0.938 bits per heavy atom. The third-order valence-electron chi connectivity index (χ3n) is 4.41. The number of carbonyl (C=O) groups excluding carboxylic acids is 3. The molecule has 170 valence electrons. The minimum absolute atomic E-state index is 0.0917. The minimum Gasteiger partial charge on any atom is -0.481 e. The lowest BCUT2D eigenvalue weighted by Gasteiger charge is -2.24. The predicted octanol–water partition coefficient (Wildman–Crippen LogP) is 1.15. The number of alkyl carbamates (subject to hydrolysis) is 1. The summed E-state index contributed by atoms with van der Waals surface area (Å²) >= 11 is 0. The number of carbonyl (C=O) groups is 4. The molecule has 0 spiro atoms. The van der Waals surface area contributed by atoms with E-state index in [4.69, 9.17) is 9.84 Å². The van der Waals surface area contributed by atoms with E-state index in [1.165, 1.54) is 0 Å². The fraction of sp³-hybridized carbons (Fsp3) is 0.273. The van der Waals surface area contributed by atoms with Gasteiger partial charge in [-0.1, -0.05) is 60.7 Å². The van der Waals surface area contributed by atoms with Crippen LogP contribution in [0.15, 0.2) is 60.7 Å². The molecule has 0 radical (unpaired) electrons. The number of hydrogen-bond donors (Lipinski definition) is 4. The van der Waals surface area contributed by atoms with Crippen molar-refractivity contribution in [1.82, 2.24) is 10.6 Å². The molecule has 0 aliphatic heterocycles. The first-order valence-electron chi connectivity index (χ1n) is 9.62. The van der Waals surface area contributed by atoms with Gasteiger partial charge >= 0.3 is 18.0 Å². The van der Waals surface area contributed by atoms with E-state index in [1.807, 2.05) is 0 Å². The molecule has 32 heavy (non-hydrogen) atoms. The van der Waals surface area contributed by atoms with Crippen LogP contribution in [0, 0.1) is 0 Å². The van der Waals surface area contributed by atoms with E-state index in [-0.39, 0.29) is 6.61 Å². The molecule has 10 nitrogen and oxygen atoms in total. The highest BCUT2D eigenvalue weighted by atomic mass is 16.5. The highest BCUT2D eigenvalue weighted by molar-refractivity contribution is 5.92. The summed E-state index contributed by atoms with van der Waals surface area (Å²) in [6.45, 7) is -0.0917. The standard InChI is InChI=1S/C22H24N2O8/c1-31-21(29)18(19(27)15-10-6-3-7-11-15)24-20(28)16(12-17(25)26)23-22(30)32-13-14-8-4-2-5-9-14/h2-11,16,18-19,27H,12-13H2,1H3,(H,23,30)(H,24,28)(H,25,26)/t16-,18-,19-/m0/s1. The Kier molecular flexibility index (Phi) is 9.18. The number of methoxy groups -OCH3 is 1. The van der Waals surface area contributed by atoms with Gasteiger partial charge in [-0.3, -0.25) is 9.59 Å². The van der Waals surface area contributed by atoms with Gasteiger partial charge in [0, 0.05) is 0 Å². The number of aliphatic carboxylic acids is 1. The monoisotopic (exact) mass is 444 g/mol. The van der Waals surface area contributed by atoms with Crippen molar-refractivity contribution in [1.29, 1.82) is 0 Å². The summed E-state index contributed by atoms with van der Waals surface area (Å²) in [6.07, 6.45) is -3.27. The van der Waals surface area contributed by atoms with Gasteiger partial charge in [-0.15, -0.1) is 0 Å². The Bertz CT molecular complexity index is 920. The molecule has 0 aromatic heterocycles. The fourth-order valence-electron chi connectivity index (χ4n) is 2.78. The molecule has 0 saturated heterocycles. The van der Waals surface area contributed by atoms with Gasteiger partial charge in [0.1, 0.15) is 18.8 Å². The smallest absolute Gasteiger partial charge is 0.408 e. The van der Waals surface area contributed by atoms with Crippen molar-refractivity contribution >= 4 is 23.9 Å². The van der Waals surface area contributed by atoms with Crippen molar-refractivity contribution in [2.45, 2.75) is 31.2 Å². The second kappa shape index (κ2) is 12.1. The number of hydrogen-bond acceptors (Lipinski definition) is 7. The van der Waals surface area contributed by atoms with Crippen LogP contribution in [-0.4, -0.2) is 53.3 Å². The zero-order chi connectivity index (χ0) is 23.5. The lowest BCUT2D eigenvalue weighted by Crippen LogP contribution is -2.54. The third-order valence-corrected chi connectivity index (χ3v) is 4.41. The largest absolute Gasteiger partial charge is 0.481 e. The van der Waals surface area contributed by atoms with E-state index in [2.05, 4.69) is 15.4 Å². The highest BCUT2D eigenvalue weighted by Gasteiger charge is 2.34. The molecular formula is C22H24N2O8. The number of aliphatic hydroxyl groups excluding tert-OH is 1. The zero-order valence-electron chi connectivity index (χ0n) is 17.3. The van der Waals surface area contributed by atoms with Crippen LogP contribution < -0.4 is 10.6 Å². The molecule has 0 fully saturated rings. The van der Waals surface area contributed by atoms with Crippen LogP contribution in [0.5, 0.6) is 0 Å². The number of ether oxygens (including phenoxy) is 2. The normalized spacial score (nSPS) is 13.2. The summed E-state index contributed by atoms with van der Waals surface area (Å²) in [5, 5.41) is 24.1. The van der Waals surface area contributed by atoms with Crippen LogP contribution in [-0.2, 0) is 30.5 Å². The molecule has 0 aliphatic rings. The van der Waals surface area contributed by atoms with Crippen LogP contribution in [0.2, 0.25) is 0 Å². The van der Waals surface area contributed by atoms with Gasteiger partial charge in [-0.05, 0) is 11.1 Å². The molecule has 2 amide bonds. The maximum Gasteiger partial charge on any atom is 0.408 e. The zero-order valence-corrected chi connectivity index (χ0v) is 17.3. The summed E-state index contributed by atoms with van der Waals surface area (Å²) in [6, 6.07) is 13.7. The van der Waals surface area contributed by atoms with Crippen LogP contribution in [0.25, 0.3) is 0 Å². The lowest BCUT2D eigenvalue weighted by molar-refractivity contribution is -0.149. The number of rotatable bonds is 10. The molecule has 10 heteroatoms. The summed E-state index contributed by atoms with van der Waals surface area (Å²) in [5.41, 5.74) is 1.02. The van der Waals surface area contributed by atoms with Gasteiger partial charge < -0.3 is 30.3 Å². The van der Waals surface area contributed by atoms with Gasteiger partial charge in [-0.2, -0.15) is 0 Å². The van der Waals surface area contributed by atoms with Gasteiger partial charge in [-0.25, -0.2) is 9.59 Å². The maximum absolute atomic E-state index is 12.7. The molecular weight excluding hydrogens is 420 g/mol. The third kappa shape index (κ3) is 7.40. The summed E-state index contributed by atoms with van der Waals surface area (Å²) in [5.74, 6) is -3.32. The van der Waals surface area contributed by atoms with Crippen molar-refractivity contribution < 1.29 is 38.9 Å². The topological polar surface area (TPSA) is 151 Å². The molecule has 2 rings (SSSR count). The van der Waals surface area contributed by atoms with Crippen LogP contribution >= 0.6 is 0 Å². The second-order valence-electron chi connectivity index (χ2n) is 6.72. The first kappa shape index (κ1) is 24.4. The van der Waals surface area contributed by atoms with E-state index in [1.54, 1.807) is 60.7 Å². The SMILES string of the molecule is COC(=O)[C@@H](NC(=O)[C@H](CC(=O)O)NC(=O)OCc1ccccc1)[C@@H](O)c1ccccc1.